The van der Waals surface area contributed by atoms with Gasteiger partial charge in [-0.2, -0.15) is 0 Å². The van der Waals surface area contributed by atoms with E-state index in [1.165, 1.54) is 37.5 Å². The van der Waals surface area contributed by atoms with Crippen molar-refractivity contribution >= 4 is 62.8 Å². The molecule has 0 bridgehead atoms. The van der Waals surface area contributed by atoms with E-state index >= 15 is 0 Å². The summed E-state index contributed by atoms with van der Waals surface area (Å²) in [5, 5.41) is 13.2. The zero-order valence-electron chi connectivity index (χ0n) is 19.1. The first-order valence-corrected chi connectivity index (χ1v) is 11.8. The van der Waals surface area contributed by atoms with Crippen LogP contribution in [0.3, 0.4) is 0 Å². The Morgan fingerprint density at radius 1 is 1.08 bits per heavy atom. The van der Waals surface area contributed by atoms with Crippen LogP contribution in [-0.4, -0.2) is 29.9 Å². The number of hydrogen-bond acceptors (Lipinski definition) is 7. The van der Waals surface area contributed by atoms with Crippen molar-refractivity contribution in [1.82, 2.24) is 5.32 Å². The van der Waals surface area contributed by atoms with E-state index in [1.54, 1.807) is 0 Å². The standard InChI is InChI=1S/C25H17BrClN3O7/c1-36-21-12-15(11-20(27)22(21)37-13-14-2-4-16(26)5-3-14)10-19-23(31)28-25(33)29(24(19)32)17-6-8-18(9-7-17)30(34)35/h2-12H,13H2,1H3,(H,28,31,33)/b19-10+. The quantitative estimate of drug-likeness (QED) is 0.173. The number of halogens is 2. The number of barbiturate groups is 1. The number of amides is 4. The van der Waals surface area contributed by atoms with Gasteiger partial charge in [0, 0.05) is 16.6 Å². The molecule has 3 aromatic carbocycles. The Labute approximate surface area is 223 Å². The molecule has 0 saturated carbocycles. The summed E-state index contributed by atoms with van der Waals surface area (Å²) in [6.07, 6.45) is 1.26. The van der Waals surface area contributed by atoms with Gasteiger partial charge < -0.3 is 9.47 Å². The lowest BCUT2D eigenvalue weighted by Gasteiger charge is -2.26. The third-order valence-corrected chi connectivity index (χ3v) is 6.09. The molecule has 12 heteroatoms. The average molecular weight is 587 g/mol. The third-order valence-electron chi connectivity index (χ3n) is 5.28. The molecule has 37 heavy (non-hydrogen) atoms. The van der Waals surface area contributed by atoms with Crippen molar-refractivity contribution in [2.45, 2.75) is 6.61 Å². The topological polar surface area (TPSA) is 128 Å². The van der Waals surface area contributed by atoms with E-state index in [4.69, 9.17) is 21.1 Å². The minimum atomic E-state index is -0.978. The van der Waals surface area contributed by atoms with Crippen molar-refractivity contribution in [2.75, 3.05) is 12.0 Å². The Morgan fingerprint density at radius 3 is 2.38 bits per heavy atom. The number of imide groups is 2. The average Bonchev–Trinajstić information content (AvgIpc) is 2.86. The Morgan fingerprint density at radius 2 is 1.76 bits per heavy atom. The lowest BCUT2D eigenvalue weighted by molar-refractivity contribution is -0.384. The SMILES string of the molecule is COc1cc(/C=C2\C(=O)NC(=O)N(c3ccc([N+](=O)[O-])cc3)C2=O)cc(Cl)c1OCc1ccc(Br)cc1. The van der Waals surface area contributed by atoms with Crippen LogP contribution in [0.4, 0.5) is 16.2 Å². The molecule has 4 amide bonds. The molecule has 0 aromatic heterocycles. The molecule has 4 rings (SSSR count). The smallest absolute Gasteiger partial charge is 0.335 e. The summed E-state index contributed by atoms with van der Waals surface area (Å²) in [5.41, 5.74) is 0.727. The lowest BCUT2D eigenvalue weighted by Crippen LogP contribution is -2.54. The molecular weight excluding hydrogens is 570 g/mol. The molecule has 1 saturated heterocycles. The van der Waals surface area contributed by atoms with E-state index in [0.29, 0.717) is 10.5 Å². The molecule has 1 aliphatic heterocycles. The van der Waals surface area contributed by atoms with Gasteiger partial charge in [-0.3, -0.25) is 25.0 Å². The van der Waals surface area contributed by atoms with Gasteiger partial charge in [0.25, 0.3) is 17.5 Å². The van der Waals surface area contributed by atoms with Crippen molar-refractivity contribution in [3.63, 3.8) is 0 Å². The largest absolute Gasteiger partial charge is 0.493 e. The highest BCUT2D eigenvalue weighted by molar-refractivity contribution is 9.10. The summed E-state index contributed by atoms with van der Waals surface area (Å²) >= 11 is 9.81. The van der Waals surface area contributed by atoms with Gasteiger partial charge in [-0.05, 0) is 53.6 Å². The number of nitrogens with one attached hydrogen (secondary N) is 1. The van der Waals surface area contributed by atoms with Crippen LogP contribution >= 0.6 is 27.5 Å². The van der Waals surface area contributed by atoms with Gasteiger partial charge >= 0.3 is 6.03 Å². The Hall–Kier alpha value is -4.22. The van der Waals surface area contributed by atoms with Gasteiger partial charge in [0.1, 0.15) is 12.2 Å². The normalized spacial score (nSPS) is 14.5. The molecule has 1 heterocycles. The Kier molecular flexibility index (Phi) is 7.55. The van der Waals surface area contributed by atoms with Gasteiger partial charge in [0.15, 0.2) is 11.5 Å². The summed E-state index contributed by atoms with van der Waals surface area (Å²) in [4.78, 5) is 49.0. The van der Waals surface area contributed by atoms with Crippen LogP contribution in [0.1, 0.15) is 11.1 Å². The van der Waals surface area contributed by atoms with Gasteiger partial charge in [-0.25, -0.2) is 9.69 Å². The van der Waals surface area contributed by atoms with Crippen LogP contribution in [0.25, 0.3) is 6.08 Å². The maximum atomic E-state index is 13.1. The number of anilines is 1. The van der Waals surface area contributed by atoms with Crippen molar-refractivity contribution in [3.8, 4) is 11.5 Å². The molecule has 0 radical (unpaired) electrons. The second kappa shape index (κ2) is 10.8. The van der Waals surface area contributed by atoms with Crippen molar-refractivity contribution in [3.05, 3.63) is 97.0 Å². The molecule has 3 aromatic rings. The van der Waals surface area contributed by atoms with E-state index in [9.17, 15) is 24.5 Å². The summed E-state index contributed by atoms with van der Waals surface area (Å²) in [6.45, 7) is 0.219. The number of nitro benzene ring substituents is 1. The number of nitro groups is 1. The molecule has 1 aliphatic rings. The summed E-state index contributed by atoms with van der Waals surface area (Å²) < 4.78 is 12.2. The molecule has 0 atom stereocenters. The minimum Gasteiger partial charge on any atom is -0.493 e. The number of hydrogen-bond donors (Lipinski definition) is 1. The van der Waals surface area contributed by atoms with Crippen molar-refractivity contribution < 1.29 is 28.8 Å². The Bertz CT molecular complexity index is 1440. The van der Waals surface area contributed by atoms with E-state index in [-0.39, 0.29) is 40.1 Å². The fraction of sp³-hybridized carbons (Fsp3) is 0.0800. The summed E-state index contributed by atoms with van der Waals surface area (Å²) in [6, 6.07) is 14.3. The van der Waals surface area contributed by atoms with E-state index in [0.717, 1.165) is 22.2 Å². The molecule has 0 spiro atoms. The number of carbonyl (C=O) groups is 3. The third kappa shape index (κ3) is 5.63. The predicted molar refractivity (Wildman–Crippen MR) is 139 cm³/mol. The minimum absolute atomic E-state index is 0.0544. The number of non-ortho nitro benzene ring substituents is 1. The fourth-order valence-electron chi connectivity index (χ4n) is 3.48. The highest BCUT2D eigenvalue weighted by atomic mass is 79.9. The summed E-state index contributed by atoms with van der Waals surface area (Å²) in [5.74, 6) is -1.27. The van der Waals surface area contributed by atoms with Crippen LogP contribution in [0.2, 0.25) is 5.02 Å². The summed E-state index contributed by atoms with van der Waals surface area (Å²) in [7, 11) is 1.42. The van der Waals surface area contributed by atoms with Crippen LogP contribution in [0.15, 0.2) is 70.7 Å². The first-order chi connectivity index (χ1) is 17.7. The van der Waals surface area contributed by atoms with Crippen molar-refractivity contribution in [1.29, 1.82) is 0 Å². The lowest BCUT2D eigenvalue weighted by atomic mass is 10.1. The van der Waals surface area contributed by atoms with Gasteiger partial charge in [-0.15, -0.1) is 0 Å². The van der Waals surface area contributed by atoms with E-state index < -0.39 is 22.8 Å². The molecule has 1 fully saturated rings. The fourth-order valence-corrected chi connectivity index (χ4v) is 4.02. The number of urea groups is 1. The van der Waals surface area contributed by atoms with Crippen molar-refractivity contribution in [2.24, 2.45) is 0 Å². The first kappa shape index (κ1) is 25.9. The molecule has 1 N–H and O–H groups in total. The second-order valence-corrected chi connectivity index (χ2v) is 9.00. The van der Waals surface area contributed by atoms with Crippen LogP contribution in [0.5, 0.6) is 11.5 Å². The maximum absolute atomic E-state index is 13.1. The Balaban J connectivity index is 1.62. The van der Waals surface area contributed by atoms with Gasteiger partial charge in [0.2, 0.25) is 0 Å². The van der Waals surface area contributed by atoms with Crippen LogP contribution < -0.4 is 19.7 Å². The van der Waals surface area contributed by atoms with Gasteiger partial charge in [-0.1, -0.05) is 39.7 Å². The number of nitrogens with zero attached hydrogens (tertiary/aromatic N) is 2. The monoisotopic (exact) mass is 585 g/mol. The number of methoxy groups -OCH3 is 1. The second-order valence-electron chi connectivity index (χ2n) is 7.68. The number of carbonyl (C=O) groups excluding carboxylic acids is 3. The highest BCUT2D eigenvalue weighted by Gasteiger charge is 2.37. The van der Waals surface area contributed by atoms with E-state index in [1.807, 2.05) is 24.3 Å². The maximum Gasteiger partial charge on any atom is 0.335 e. The zero-order chi connectivity index (χ0) is 26.7. The molecule has 0 aliphatic carbocycles. The molecule has 188 valence electrons. The number of benzene rings is 3. The van der Waals surface area contributed by atoms with Gasteiger partial charge in [0.05, 0.1) is 22.7 Å². The number of ether oxygens (including phenoxy) is 2. The molecule has 10 nitrogen and oxygen atoms in total. The van der Waals surface area contributed by atoms with E-state index in [2.05, 4.69) is 21.2 Å². The zero-order valence-corrected chi connectivity index (χ0v) is 21.4. The molecule has 0 unspecified atom stereocenters. The molecular formula is C25H17BrClN3O7. The first-order valence-electron chi connectivity index (χ1n) is 10.6. The van der Waals surface area contributed by atoms with Crippen LogP contribution in [-0.2, 0) is 16.2 Å². The highest BCUT2D eigenvalue weighted by Crippen LogP contribution is 2.38. The van der Waals surface area contributed by atoms with Crippen LogP contribution in [0, 0.1) is 10.1 Å². The number of rotatable bonds is 7. The predicted octanol–water partition coefficient (Wildman–Crippen LogP) is 5.26.